The molecule has 0 unspecified atom stereocenters. The lowest BCUT2D eigenvalue weighted by atomic mass is 9.83. The average Bonchev–Trinajstić information content (AvgIpc) is 2.92. The number of carbonyl (C=O) groups is 1. The van der Waals surface area contributed by atoms with Crippen molar-refractivity contribution in [2.24, 2.45) is 22.9 Å². The zero-order valence-corrected chi connectivity index (χ0v) is 23.2. The molecule has 3 rings (SSSR count). The summed E-state index contributed by atoms with van der Waals surface area (Å²) in [4.78, 5) is 12.6. The Morgan fingerprint density at radius 3 is 1.93 bits per heavy atom. The lowest BCUT2D eigenvalue weighted by molar-refractivity contribution is -0.332. The molecule has 1 saturated carbocycles. The summed E-state index contributed by atoms with van der Waals surface area (Å²) >= 11 is 0. The Balaban J connectivity index is 0.00000588. The molecule has 2 saturated heterocycles. The van der Waals surface area contributed by atoms with Crippen molar-refractivity contribution >= 4 is 5.91 Å². The van der Waals surface area contributed by atoms with Crippen molar-refractivity contribution in [1.82, 2.24) is 5.32 Å². The molecule has 0 bridgehead atoms. The van der Waals surface area contributed by atoms with E-state index in [1.54, 1.807) is 0 Å². The van der Waals surface area contributed by atoms with Crippen molar-refractivity contribution in [1.29, 1.82) is 0 Å². The van der Waals surface area contributed by atoms with Gasteiger partial charge in [0.15, 0.2) is 12.6 Å². The van der Waals surface area contributed by atoms with Crippen molar-refractivity contribution < 1.29 is 81.0 Å². The SMILES string of the molecule is NCC[C@H](O)C(=O)N[C@@H]1C[C@H](N)[C@@H](O[C@H]2O[C@H](CN)[C@@H](O)[C@H](O)[C@H]2O)[C@H](O)[C@H]1O[C@H]1O[C@H](CO)[C@@H](O)[C@H](N)[C@H]1O.O.O.O. The first-order valence-electron chi connectivity index (χ1n) is 13.1. The zero-order chi connectivity index (χ0) is 29.9. The van der Waals surface area contributed by atoms with Gasteiger partial charge in [0.1, 0.15) is 67.1 Å². The van der Waals surface area contributed by atoms with Gasteiger partial charge in [-0.1, -0.05) is 0 Å². The summed E-state index contributed by atoms with van der Waals surface area (Å²) in [6.45, 7) is -0.898. The summed E-state index contributed by atoms with van der Waals surface area (Å²) in [6.07, 6.45) is -19.8. The fraction of sp³-hybridized carbons (Fsp3) is 0.955. The Bertz CT molecular complexity index is 820. The van der Waals surface area contributed by atoms with Gasteiger partial charge in [0.2, 0.25) is 5.91 Å². The molecule has 3 fully saturated rings. The molecule has 0 aromatic carbocycles. The normalized spacial score (nSPS) is 43.8. The number of nitrogens with one attached hydrogen (secondary N) is 1. The average molecular weight is 640 g/mol. The molecule has 2 aliphatic heterocycles. The Hall–Kier alpha value is -1.29. The van der Waals surface area contributed by atoms with Crippen LogP contribution in [0, 0.1) is 0 Å². The van der Waals surface area contributed by atoms with Gasteiger partial charge in [0.25, 0.3) is 0 Å². The largest absolute Gasteiger partial charge is 0.412 e. The summed E-state index contributed by atoms with van der Waals surface area (Å²) in [7, 11) is 0. The third-order valence-corrected chi connectivity index (χ3v) is 7.51. The molecule has 258 valence electrons. The molecular weight excluding hydrogens is 590 g/mol. The van der Waals surface area contributed by atoms with E-state index in [1.807, 2.05) is 0 Å². The zero-order valence-electron chi connectivity index (χ0n) is 23.2. The third kappa shape index (κ3) is 9.14. The molecule has 1 amide bonds. The summed E-state index contributed by atoms with van der Waals surface area (Å²) in [5, 5.41) is 84.9. The second-order valence-corrected chi connectivity index (χ2v) is 10.3. The quantitative estimate of drug-likeness (QED) is 0.105. The van der Waals surface area contributed by atoms with Crippen LogP contribution in [0.5, 0.6) is 0 Å². The van der Waals surface area contributed by atoms with Crippen LogP contribution in [0.15, 0.2) is 0 Å². The number of aliphatic hydroxyl groups is 8. The van der Waals surface area contributed by atoms with Crippen molar-refractivity contribution in [3.05, 3.63) is 0 Å². The number of rotatable bonds is 10. The Morgan fingerprint density at radius 2 is 1.37 bits per heavy atom. The lowest BCUT2D eigenvalue weighted by Crippen LogP contribution is -2.69. The number of hydrogen-bond donors (Lipinski definition) is 13. The Morgan fingerprint density at radius 1 is 0.814 bits per heavy atom. The molecule has 3 aliphatic rings. The van der Waals surface area contributed by atoms with E-state index < -0.39 is 110 Å². The minimum Gasteiger partial charge on any atom is -0.412 e. The molecule has 16 atom stereocenters. The molecule has 0 radical (unpaired) electrons. The van der Waals surface area contributed by atoms with E-state index in [2.05, 4.69) is 5.32 Å². The number of aliphatic hydroxyl groups excluding tert-OH is 8. The van der Waals surface area contributed by atoms with Gasteiger partial charge in [-0.05, 0) is 19.4 Å². The summed E-state index contributed by atoms with van der Waals surface area (Å²) in [5.41, 5.74) is 23.1. The topological polar surface area (TPSA) is 426 Å². The Labute approximate surface area is 246 Å². The first-order valence-corrected chi connectivity index (χ1v) is 13.1. The molecular formula is C22H49N5O16. The summed E-state index contributed by atoms with van der Waals surface area (Å²) < 4.78 is 22.5. The van der Waals surface area contributed by atoms with Crippen LogP contribution >= 0.6 is 0 Å². The third-order valence-electron chi connectivity index (χ3n) is 7.51. The number of nitrogens with two attached hydrogens (primary N) is 4. The van der Waals surface area contributed by atoms with Gasteiger partial charge in [-0.2, -0.15) is 0 Å². The van der Waals surface area contributed by atoms with E-state index in [0.29, 0.717) is 0 Å². The van der Waals surface area contributed by atoms with Crippen LogP contribution in [0.1, 0.15) is 12.8 Å². The highest BCUT2D eigenvalue weighted by Gasteiger charge is 2.52. The van der Waals surface area contributed by atoms with Gasteiger partial charge >= 0.3 is 0 Å². The molecule has 1 aliphatic carbocycles. The van der Waals surface area contributed by atoms with E-state index in [1.165, 1.54) is 0 Å². The Kier molecular flexibility index (Phi) is 17.5. The first-order chi connectivity index (χ1) is 18.9. The lowest BCUT2D eigenvalue weighted by Gasteiger charge is -2.49. The number of carbonyl (C=O) groups excluding carboxylic acids is 1. The molecule has 0 spiro atoms. The van der Waals surface area contributed by atoms with Gasteiger partial charge in [-0.3, -0.25) is 4.79 Å². The predicted octanol–water partition coefficient (Wildman–Crippen LogP) is -10.9. The highest BCUT2D eigenvalue weighted by molar-refractivity contribution is 5.80. The number of hydrogen-bond acceptors (Lipinski definition) is 17. The molecule has 21 heteroatoms. The minimum absolute atomic E-state index is 0. The summed E-state index contributed by atoms with van der Waals surface area (Å²) in [5.74, 6) is -0.845. The molecule has 0 aromatic heterocycles. The number of amides is 1. The van der Waals surface area contributed by atoms with Crippen LogP contribution < -0.4 is 28.3 Å². The smallest absolute Gasteiger partial charge is 0.249 e. The maximum Gasteiger partial charge on any atom is 0.249 e. The van der Waals surface area contributed by atoms with Gasteiger partial charge in [0, 0.05) is 12.6 Å². The monoisotopic (exact) mass is 639 g/mol. The molecule has 23 N–H and O–H groups in total. The highest BCUT2D eigenvalue weighted by atomic mass is 16.7. The van der Waals surface area contributed by atoms with Crippen molar-refractivity contribution in [2.45, 2.75) is 111 Å². The minimum atomic E-state index is -1.76. The van der Waals surface area contributed by atoms with E-state index >= 15 is 0 Å². The van der Waals surface area contributed by atoms with Crippen LogP contribution in [0.25, 0.3) is 0 Å². The van der Waals surface area contributed by atoms with Crippen LogP contribution in [0.4, 0.5) is 0 Å². The van der Waals surface area contributed by atoms with Crippen molar-refractivity contribution in [3.8, 4) is 0 Å². The standard InChI is InChI=1S/C22H43N5O13.3H2O/c23-2-1-8(29)20(36)27-7-3-6(25)18(39-22-16(34)15(33)13(31)9(4-24)37-22)17(35)19(7)40-21-14(32)11(26)12(30)10(5-28)38-21;;;/h6-19,21-22,28-35H,1-5,23-26H2,(H,27,36);3*1H2/t6-,7+,8-,9+,10+,11-,12+,13+,14+,15-,16+,17-,18+,19-,21+,22+;;;/m0.../s1. The fourth-order valence-electron chi connectivity index (χ4n) is 5.07. The molecule has 2 heterocycles. The van der Waals surface area contributed by atoms with Crippen LogP contribution in [-0.2, 0) is 23.7 Å². The van der Waals surface area contributed by atoms with Crippen molar-refractivity contribution in [3.63, 3.8) is 0 Å². The highest BCUT2D eigenvalue weighted by Crippen LogP contribution is 2.32. The van der Waals surface area contributed by atoms with Crippen LogP contribution in [0.3, 0.4) is 0 Å². The second-order valence-electron chi connectivity index (χ2n) is 10.3. The van der Waals surface area contributed by atoms with Gasteiger partial charge in [-0.25, -0.2) is 0 Å². The maximum atomic E-state index is 12.6. The molecule has 0 aromatic rings. The van der Waals surface area contributed by atoms with Gasteiger partial charge in [-0.15, -0.1) is 0 Å². The summed E-state index contributed by atoms with van der Waals surface area (Å²) in [6, 6.07) is -3.45. The van der Waals surface area contributed by atoms with E-state index in [0.717, 1.165) is 0 Å². The number of ether oxygens (including phenoxy) is 4. The van der Waals surface area contributed by atoms with Gasteiger partial charge in [0.05, 0.1) is 18.7 Å². The fourth-order valence-corrected chi connectivity index (χ4v) is 5.07. The molecule has 21 nitrogen and oxygen atoms in total. The van der Waals surface area contributed by atoms with Crippen LogP contribution in [0.2, 0.25) is 0 Å². The van der Waals surface area contributed by atoms with E-state index in [-0.39, 0.29) is 42.4 Å². The first kappa shape index (κ1) is 41.7. The van der Waals surface area contributed by atoms with E-state index in [9.17, 15) is 45.6 Å². The van der Waals surface area contributed by atoms with Crippen LogP contribution in [-0.4, -0.2) is 181 Å². The molecule has 43 heavy (non-hydrogen) atoms. The predicted molar refractivity (Wildman–Crippen MR) is 142 cm³/mol. The second kappa shape index (κ2) is 18.0. The maximum absolute atomic E-state index is 12.6. The van der Waals surface area contributed by atoms with E-state index in [4.69, 9.17) is 41.9 Å². The van der Waals surface area contributed by atoms with Gasteiger partial charge < -0.3 is 104 Å². The van der Waals surface area contributed by atoms with Crippen molar-refractivity contribution in [2.75, 3.05) is 19.7 Å².